The number of likely N-dealkylation sites (tertiary alicyclic amines) is 1. The lowest BCUT2D eigenvalue weighted by molar-refractivity contribution is -0.140. The normalized spacial score (nSPS) is 22.4. The summed E-state index contributed by atoms with van der Waals surface area (Å²) in [5.41, 5.74) is 0.984. The molecule has 7 heteroatoms. The van der Waals surface area contributed by atoms with Crippen molar-refractivity contribution in [3.05, 3.63) is 29.8 Å². The molecule has 0 bridgehead atoms. The van der Waals surface area contributed by atoms with E-state index in [0.717, 1.165) is 50.0 Å². The zero-order valence-corrected chi connectivity index (χ0v) is 16.0. The van der Waals surface area contributed by atoms with Crippen molar-refractivity contribution in [1.29, 1.82) is 0 Å². The van der Waals surface area contributed by atoms with E-state index in [0.29, 0.717) is 13.1 Å². The third-order valence-corrected chi connectivity index (χ3v) is 5.05. The summed E-state index contributed by atoms with van der Waals surface area (Å²) in [6.07, 6.45) is 4.68. The van der Waals surface area contributed by atoms with Crippen molar-refractivity contribution in [3.63, 3.8) is 0 Å². The Kier molecular flexibility index (Phi) is 7.72. The number of hydrogen-bond acceptors (Lipinski definition) is 4. The van der Waals surface area contributed by atoms with E-state index in [1.165, 1.54) is 0 Å². The molecule has 6 nitrogen and oxygen atoms in total. The summed E-state index contributed by atoms with van der Waals surface area (Å²) < 4.78 is 5.20. The zero-order chi connectivity index (χ0) is 17.6. The van der Waals surface area contributed by atoms with Crippen molar-refractivity contribution < 1.29 is 14.3 Å². The zero-order valence-electron chi connectivity index (χ0n) is 15.2. The maximum absolute atomic E-state index is 12.7. The molecule has 2 fully saturated rings. The highest BCUT2D eigenvalue weighted by atomic mass is 35.5. The van der Waals surface area contributed by atoms with Crippen LogP contribution >= 0.6 is 12.4 Å². The van der Waals surface area contributed by atoms with Gasteiger partial charge in [0.05, 0.1) is 13.2 Å². The number of amides is 2. The number of carbonyl (C=O) groups is 2. The molecule has 2 aliphatic rings. The van der Waals surface area contributed by atoms with E-state index in [2.05, 4.69) is 10.6 Å². The Labute approximate surface area is 161 Å². The van der Waals surface area contributed by atoms with E-state index in [9.17, 15) is 9.59 Å². The summed E-state index contributed by atoms with van der Waals surface area (Å²) in [6.45, 7) is 2.00. The predicted molar refractivity (Wildman–Crippen MR) is 102 cm³/mol. The van der Waals surface area contributed by atoms with Gasteiger partial charge in [-0.1, -0.05) is 18.6 Å². The van der Waals surface area contributed by atoms with Crippen LogP contribution in [0.4, 0.5) is 0 Å². The second kappa shape index (κ2) is 9.78. The van der Waals surface area contributed by atoms with E-state index in [4.69, 9.17) is 4.74 Å². The number of methoxy groups -OCH3 is 1. The van der Waals surface area contributed by atoms with Crippen molar-refractivity contribution in [2.45, 2.75) is 50.7 Å². The molecular formula is C19H28ClN3O3. The summed E-state index contributed by atoms with van der Waals surface area (Å²) in [6, 6.07) is 7.17. The fourth-order valence-electron chi connectivity index (χ4n) is 3.66. The van der Waals surface area contributed by atoms with E-state index in [-0.39, 0.29) is 36.3 Å². The van der Waals surface area contributed by atoms with Gasteiger partial charge in [-0.2, -0.15) is 0 Å². The molecule has 26 heavy (non-hydrogen) atoms. The highest BCUT2D eigenvalue weighted by Gasteiger charge is 2.37. The van der Waals surface area contributed by atoms with Crippen LogP contribution in [0.3, 0.4) is 0 Å². The number of nitrogens with zero attached hydrogens (tertiary/aromatic N) is 1. The SMILES string of the molecule is COc1cccc(CNC(=O)[C@@H]2CCCN2C(=O)[C@H]2CCCCN2)c1.Cl. The molecule has 3 rings (SSSR count). The smallest absolute Gasteiger partial charge is 0.243 e. The first-order chi connectivity index (χ1) is 12.2. The molecule has 144 valence electrons. The largest absolute Gasteiger partial charge is 0.497 e. The number of rotatable bonds is 5. The number of hydrogen-bond donors (Lipinski definition) is 2. The topological polar surface area (TPSA) is 70.7 Å². The maximum Gasteiger partial charge on any atom is 0.243 e. The number of ether oxygens (including phenoxy) is 1. The monoisotopic (exact) mass is 381 g/mol. The third-order valence-electron chi connectivity index (χ3n) is 5.05. The predicted octanol–water partition coefficient (Wildman–Crippen LogP) is 1.87. The summed E-state index contributed by atoms with van der Waals surface area (Å²) in [7, 11) is 1.62. The standard InChI is InChI=1S/C19H27N3O3.ClH/c1-25-15-7-4-6-14(12-15)13-21-18(23)17-9-5-11-22(17)19(24)16-8-2-3-10-20-16;/h4,6-7,12,16-17,20H,2-3,5,8-11,13H2,1H3,(H,21,23);1H/t16-,17+;/m1./s1. The maximum atomic E-state index is 12.7. The second-order valence-corrected chi connectivity index (χ2v) is 6.76. The second-order valence-electron chi connectivity index (χ2n) is 6.76. The minimum absolute atomic E-state index is 0. The Morgan fingerprint density at radius 1 is 1.27 bits per heavy atom. The minimum atomic E-state index is -0.346. The fourth-order valence-corrected chi connectivity index (χ4v) is 3.66. The fraction of sp³-hybridized carbons (Fsp3) is 0.579. The lowest BCUT2D eigenvalue weighted by Crippen LogP contribution is -2.53. The number of carbonyl (C=O) groups excluding carboxylic acids is 2. The molecule has 2 aliphatic heterocycles. The van der Waals surface area contributed by atoms with Gasteiger partial charge in [-0.25, -0.2) is 0 Å². The van der Waals surface area contributed by atoms with Gasteiger partial charge in [0.15, 0.2) is 0 Å². The highest BCUT2D eigenvalue weighted by Crippen LogP contribution is 2.21. The summed E-state index contributed by atoms with van der Waals surface area (Å²) >= 11 is 0. The van der Waals surface area contributed by atoms with Crippen molar-refractivity contribution >= 4 is 24.2 Å². The van der Waals surface area contributed by atoms with Gasteiger partial charge in [0.2, 0.25) is 11.8 Å². The molecule has 0 aromatic heterocycles. The number of halogens is 1. The Hall–Kier alpha value is -1.79. The van der Waals surface area contributed by atoms with Crippen LogP contribution in [0.1, 0.15) is 37.7 Å². The van der Waals surface area contributed by atoms with E-state index >= 15 is 0 Å². The number of benzene rings is 1. The van der Waals surface area contributed by atoms with Gasteiger partial charge in [0.25, 0.3) is 0 Å². The summed E-state index contributed by atoms with van der Waals surface area (Å²) in [5, 5.41) is 6.26. The Balaban J connectivity index is 0.00000243. The first-order valence-corrected chi connectivity index (χ1v) is 9.13. The van der Waals surface area contributed by atoms with Crippen LogP contribution in [0.2, 0.25) is 0 Å². The molecule has 2 saturated heterocycles. The molecule has 2 amide bonds. The Morgan fingerprint density at radius 3 is 2.85 bits per heavy atom. The van der Waals surface area contributed by atoms with Gasteiger partial charge in [-0.05, 0) is 49.9 Å². The van der Waals surface area contributed by atoms with Gasteiger partial charge >= 0.3 is 0 Å². The quantitative estimate of drug-likeness (QED) is 0.816. The van der Waals surface area contributed by atoms with Gasteiger partial charge in [0.1, 0.15) is 11.8 Å². The van der Waals surface area contributed by atoms with Crippen molar-refractivity contribution in [1.82, 2.24) is 15.5 Å². The molecule has 0 unspecified atom stereocenters. The lowest BCUT2D eigenvalue weighted by Gasteiger charge is -2.30. The molecule has 2 atom stereocenters. The Bertz CT molecular complexity index is 620. The third kappa shape index (κ3) is 4.89. The van der Waals surface area contributed by atoms with Crippen molar-refractivity contribution in [2.75, 3.05) is 20.2 Å². The van der Waals surface area contributed by atoms with Crippen LogP contribution < -0.4 is 15.4 Å². The first-order valence-electron chi connectivity index (χ1n) is 9.13. The van der Waals surface area contributed by atoms with Crippen LogP contribution in [0.25, 0.3) is 0 Å². The van der Waals surface area contributed by atoms with E-state index < -0.39 is 0 Å². The number of nitrogens with one attached hydrogen (secondary N) is 2. The van der Waals surface area contributed by atoms with Gasteiger partial charge < -0.3 is 20.3 Å². The molecule has 1 aromatic carbocycles. The summed E-state index contributed by atoms with van der Waals surface area (Å²) in [4.78, 5) is 27.1. The Morgan fingerprint density at radius 2 is 2.12 bits per heavy atom. The van der Waals surface area contributed by atoms with Crippen molar-refractivity contribution in [2.24, 2.45) is 0 Å². The van der Waals surface area contributed by atoms with Crippen LogP contribution in [0.15, 0.2) is 24.3 Å². The minimum Gasteiger partial charge on any atom is -0.497 e. The van der Waals surface area contributed by atoms with Gasteiger partial charge in [-0.3, -0.25) is 9.59 Å². The van der Waals surface area contributed by atoms with Crippen LogP contribution in [0.5, 0.6) is 5.75 Å². The van der Waals surface area contributed by atoms with Gasteiger partial charge in [0, 0.05) is 13.1 Å². The molecule has 2 N–H and O–H groups in total. The lowest BCUT2D eigenvalue weighted by atomic mass is 10.0. The van der Waals surface area contributed by atoms with E-state index in [1.54, 1.807) is 12.0 Å². The molecule has 0 radical (unpaired) electrons. The van der Waals surface area contributed by atoms with Gasteiger partial charge in [-0.15, -0.1) is 12.4 Å². The average Bonchev–Trinajstić information content (AvgIpc) is 3.16. The van der Waals surface area contributed by atoms with Crippen molar-refractivity contribution in [3.8, 4) is 5.75 Å². The van der Waals surface area contributed by atoms with Crippen LogP contribution in [-0.4, -0.2) is 49.0 Å². The molecule has 0 saturated carbocycles. The molecular weight excluding hydrogens is 354 g/mol. The molecule has 1 aromatic rings. The summed E-state index contributed by atoms with van der Waals surface area (Å²) in [5.74, 6) is 0.788. The molecule has 2 heterocycles. The molecule has 0 spiro atoms. The molecule has 0 aliphatic carbocycles. The highest BCUT2D eigenvalue weighted by molar-refractivity contribution is 5.90. The van der Waals surface area contributed by atoms with Crippen LogP contribution in [-0.2, 0) is 16.1 Å². The van der Waals surface area contributed by atoms with E-state index in [1.807, 2.05) is 24.3 Å². The average molecular weight is 382 g/mol. The number of piperidine rings is 1. The first kappa shape index (κ1) is 20.5. The van der Waals surface area contributed by atoms with Crippen LogP contribution in [0, 0.1) is 0 Å².